The highest BCUT2D eigenvalue weighted by atomic mass is 16.5. The smallest absolute Gasteiger partial charge is 0.319 e. The molecule has 1 aliphatic rings. The molecule has 0 radical (unpaired) electrons. The lowest BCUT2D eigenvalue weighted by atomic mass is 10.4. The van der Waals surface area contributed by atoms with Crippen LogP contribution in [0.1, 0.15) is 6.42 Å². The van der Waals surface area contributed by atoms with E-state index < -0.39 is 0 Å². The van der Waals surface area contributed by atoms with E-state index in [0.717, 1.165) is 0 Å². The highest BCUT2D eigenvalue weighted by Crippen LogP contribution is 2.02. The van der Waals surface area contributed by atoms with E-state index >= 15 is 0 Å². The average Bonchev–Trinajstić information content (AvgIpc) is 2.35. The van der Waals surface area contributed by atoms with Crippen molar-refractivity contribution >= 4 is 11.8 Å². The second-order valence-corrected chi connectivity index (χ2v) is 2.58. The molecule has 0 aromatic rings. The molecule has 4 heteroatoms. The fraction of sp³-hybridized carbons (Fsp3) is 0.714. The highest BCUT2D eigenvalue weighted by Gasteiger charge is 2.21. The Bertz CT molecular complexity index is 179. The molecule has 0 aromatic carbocycles. The first-order valence-electron chi connectivity index (χ1n) is 3.53. The molecule has 0 aromatic heterocycles. The van der Waals surface area contributed by atoms with E-state index in [2.05, 4.69) is 4.74 Å². The van der Waals surface area contributed by atoms with Crippen LogP contribution in [0.5, 0.6) is 0 Å². The third-order valence-corrected chi connectivity index (χ3v) is 1.69. The van der Waals surface area contributed by atoms with Gasteiger partial charge in [0.25, 0.3) is 0 Å². The van der Waals surface area contributed by atoms with Crippen LogP contribution in [-0.4, -0.2) is 43.4 Å². The maximum Gasteiger partial charge on any atom is 0.319 e. The van der Waals surface area contributed by atoms with Crippen molar-refractivity contribution in [2.75, 3.05) is 26.7 Å². The van der Waals surface area contributed by atoms with Gasteiger partial charge < -0.3 is 4.74 Å². The Kier molecular flexibility index (Phi) is 2.59. The highest BCUT2D eigenvalue weighted by molar-refractivity contribution is 5.83. The van der Waals surface area contributed by atoms with Crippen molar-refractivity contribution in [1.82, 2.24) is 4.90 Å². The number of likely N-dealkylation sites (tertiary alicyclic amines) is 1. The van der Waals surface area contributed by atoms with E-state index in [9.17, 15) is 9.59 Å². The van der Waals surface area contributed by atoms with Crippen LogP contribution in [0.4, 0.5) is 0 Å². The molecule has 0 unspecified atom stereocenters. The molecule has 1 heterocycles. The number of carbonyl (C=O) groups is 2. The third kappa shape index (κ3) is 2.31. The van der Waals surface area contributed by atoms with Crippen molar-refractivity contribution in [2.45, 2.75) is 6.42 Å². The van der Waals surface area contributed by atoms with Crippen molar-refractivity contribution in [1.29, 1.82) is 0 Å². The third-order valence-electron chi connectivity index (χ3n) is 1.69. The Balaban J connectivity index is 2.28. The first-order chi connectivity index (χ1) is 5.22. The van der Waals surface area contributed by atoms with Crippen LogP contribution < -0.4 is 0 Å². The van der Waals surface area contributed by atoms with Gasteiger partial charge in [-0.15, -0.1) is 0 Å². The molecule has 62 valence electrons. The van der Waals surface area contributed by atoms with Gasteiger partial charge in [-0.2, -0.15) is 0 Å². The summed E-state index contributed by atoms with van der Waals surface area (Å²) >= 11 is 0. The van der Waals surface area contributed by atoms with E-state index in [0.29, 0.717) is 19.5 Å². The molecule has 0 N–H and O–H groups in total. The minimum Gasteiger partial charge on any atom is -0.468 e. The van der Waals surface area contributed by atoms with Crippen LogP contribution in [-0.2, 0) is 14.3 Å². The van der Waals surface area contributed by atoms with Crippen molar-refractivity contribution in [3.05, 3.63) is 0 Å². The van der Waals surface area contributed by atoms with E-state index in [-0.39, 0.29) is 18.3 Å². The number of hydrogen-bond acceptors (Lipinski definition) is 4. The van der Waals surface area contributed by atoms with Crippen LogP contribution >= 0.6 is 0 Å². The Hall–Kier alpha value is -0.900. The maximum atomic E-state index is 10.7. The Labute approximate surface area is 65.1 Å². The lowest BCUT2D eigenvalue weighted by Crippen LogP contribution is -2.28. The van der Waals surface area contributed by atoms with Gasteiger partial charge in [-0.25, -0.2) is 0 Å². The quantitative estimate of drug-likeness (QED) is 0.504. The molecule has 1 fully saturated rings. The van der Waals surface area contributed by atoms with Crippen LogP contribution in [0, 0.1) is 0 Å². The largest absolute Gasteiger partial charge is 0.468 e. The van der Waals surface area contributed by atoms with Crippen LogP contribution in [0.2, 0.25) is 0 Å². The maximum absolute atomic E-state index is 10.7. The molecule has 11 heavy (non-hydrogen) atoms. The molecule has 0 atom stereocenters. The summed E-state index contributed by atoms with van der Waals surface area (Å²) < 4.78 is 4.46. The van der Waals surface area contributed by atoms with E-state index in [4.69, 9.17) is 0 Å². The summed E-state index contributed by atoms with van der Waals surface area (Å²) in [6.45, 7) is 1.32. The summed E-state index contributed by atoms with van der Waals surface area (Å²) in [5.41, 5.74) is 0. The molecule has 0 saturated carbocycles. The Morgan fingerprint density at radius 2 is 2.45 bits per heavy atom. The standard InChI is InChI=1S/C7H11NO3/c1-11-7(10)5-8-3-2-6(9)4-8/h2-5H2,1H3. The monoisotopic (exact) mass is 157 g/mol. The molecule has 0 aliphatic carbocycles. The predicted octanol–water partition coefficient (Wildman–Crippen LogP) is -0.566. The van der Waals surface area contributed by atoms with Gasteiger partial charge in [-0.05, 0) is 0 Å². The first kappa shape index (κ1) is 8.20. The lowest BCUT2D eigenvalue weighted by molar-refractivity contribution is -0.141. The molecule has 4 nitrogen and oxygen atoms in total. The van der Waals surface area contributed by atoms with Crippen molar-refractivity contribution < 1.29 is 14.3 Å². The van der Waals surface area contributed by atoms with Gasteiger partial charge in [-0.3, -0.25) is 14.5 Å². The van der Waals surface area contributed by atoms with Gasteiger partial charge in [0.2, 0.25) is 0 Å². The van der Waals surface area contributed by atoms with Gasteiger partial charge in [-0.1, -0.05) is 0 Å². The number of esters is 1. The molecule has 1 saturated heterocycles. The van der Waals surface area contributed by atoms with Gasteiger partial charge in [0, 0.05) is 13.0 Å². The molecule has 0 bridgehead atoms. The summed E-state index contributed by atoms with van der Waals surface area (Å²) in [6.07, 6.45) is 0.566. The summed E-state index contributed by atoms with van der Waals surface area (Å²) in [6, 6.07) is 0. The van der Waals surface area contributed by atoms with E-state index in [1.807, 2.05) is 0 Å². The number of nitrogens with zero attached hydrogens (tertiary/aromatic N) is 1. The minimum absolute atomic E-state index is 0.203. The van der Waals surface area contributed by atoms with Gasteiger partial charge in [0.05, 0.1) is 20.2 Å². The van der Waals surface area contributed by atoms with Crippen LogP contribution in [0.25, 0.3) is 0 Å². The number of methoxy groups -OCH3 is 1. The Morgan fingerprint density at radius 1 is 1.73 bits per heavy atom. The first-order valence-corrected chi connectivity index (χ1v) is 3.53. The molecule has 0 spiro atoms. The number of hydrogen-bond donors (Lipinski definition) is 0. The van der Waals surface area contributed by atoms with Crippen molar-refractivity contribution in [3.8, 4) is 0 Å². The van der Waals surface area contributed by atoms with Crippen molar-refractivity contribution in [2.24, 2.45) is 0 Å². The lowest BCUT2D eigenvalue weighted by Gasteiger charge is -2.10. The van der Waals surface area contributed by atoms with E-state index in [1.165, 1.54) is 7.11 Å². The zero-order valence-corrected chi connectivity index (χ0v) is 6.50. The molecular formula is C7H11NO3. The Morgan fingerprint density at radius 3 is 2.91 bits per heavy atom. The normalized spacial score (nSPS) is 18.8. The predicted molar refractivity (Wildman–Crippen MR) is 38.1 cm³/mol. The molecular weight excluding hydrogens is 146 g/mol. The molecule has 1 aliphatic heterocycles. The van der Waals surface area contributed by atoms with Crippen molar-refractivity contribution in [3.63, 3.8) is 0 Å². The summed E-state index contributed by atoms with van der Waals surface area (Å²) in [5, 5.41) is 0. The van der Waals surface area contributed by atoms with Gasteiger partial charge in [0.1, 0.15) is 5.78 Å². The molecule has 1 rings (SSSR count). The number of ketones is 1. The van der Waals surface area contributed by atoms with Gasteiger partial charge >= 0.3 is 5.97 Å². The average molecular weight is 157 g/mol. The molecule has 0 amide bonds. The fourth-order valence-electron chi connectivity index (χ4n) is 1.07. The minimum atomic E-state index is -0.278. The van der Waals surface area contributed by atoms with E-state index in [1.54, 1.807) is 4.90 Å². The zero-order valence-electron chi connectivity index (χ0n) is 6.50. The zero-order chi connectivity index (χ0) is 8.27. The summed E-state index contributed by atoms with van der Waals surface area (Å²) in [7, 11) is 1.35. The van der Waals surface area contributed by atoms with Crippen LogP contribution in [0.15, 0.2) is 0 Å². The van der Waals surface area contributed by atoms with Gasteiger partial charge in [0.15, 0.2) is 0 Å². The second kappa shape index (κ2) is 3.48. The number of ether oxygens (including phenoxy) is 1. The second-order valence-electron chi connectivity index (χ2n) is 2.58. The number of Topliss-reactive ketones (excluding diaryl/α,β-unsaturated/α-hetero) is 1. The fourth-order valence-corrected chi connectivity index (χ4v) is 1.07. The summed E-state index contributed by atoms with van der Waals surface area (Å²) in [4.78, 5) is 23.2. The number of rotatable bonds is 2. The topological polar surface area (TPSA) is 46.6 Å². The number of carbonyl (C=O) groups excluding carboxylic acids is 2. The summed E-state index contributed by atoms with van der Waals surface area (Å²) in [5.74, 6) is -0.0754. The van der Waals surface area contributed by atoms with Crippen LogP contribution in [0.3, 0.4) is 0 Å². The SMILES string of the molecule is COC(=O)CN1CCC(=O)C1.